The van der Waals surface area contributed by atoms with Gasteiger partial charge in [-0.05, 0) is 38.5 Å². The standard InChI is InChI=1S/C19H24BrN3O6S/c1-4-22-12-17(19(21-22)28-5-2)30(25,26)23-11-14(7-9-18(24)27-3)29-16-8-6-13(20)10-15(16)23/h6,8,10,12,14H,4-5,7,9,11H2,1-3H3/t14-/m0/s1. The smallest absolute Gasteiger partial charge is 0.305 e. The molecule has 3 rings (SSSR count). The highest BCUT2D eigenvalue weighted by Gasteiger charge is 2.37. The molecule has 0 radical (unpaired) electrons. The van der Waals surface area contributed by atoms with E-state index in [-0.39, 0.29) is 36.3 Å². The highest BCUT2D eigenvalue weighted by atomic mass is 79.9. The zero-order chi connectivity index (χ0) is 21.9. The number of aryl methyl sites for hydroxylation is 1. The summed E-state index contributed by atoms with van der Waals surface area (Å²) in [7, 11) is -2.69. The van der Waals surface area contributed by atoms with Gasteiger partial charge < -0.3 is 14.2 Å². The number of benzene rings is 1. The van der Waals surface area contributed by atoms with Crippen LogP contribution in [0.15, 0.2) is 33.8 Å². The summed E-state index contributed by atoms with van der Waals surface area (Å²) >= 11 is 3.39. The zero-order valence-electron chi connectivity index (χ0n) is 17.0. The van der Waals surface area contributed by atoms with Gasteiger partial charge in [0.25, 0.3) is 15.9 Å². The van der Waals surface area contributed by atoms with Crippen LogP contribution in [0.25, 0.3) is 0 Å². The van der Waals surface area contributed by atoms with Crippen molar-refractivity contribution in [1.82, 2.24) is 9.78 Å². The number of fused-ring (bicyclic) bond motifs is 1. The Bertz CT molecular complexity index is 1020. The average Bonchev–Trinajstić information content (AvgIpc) is 3.15. The van der Waals surface area contributed by atoms with Gasteiger partial charge in [0.05, 0.1) is 25.9 Å². The number of hydrogen-bond acceptors (Lipinski definition) is 7. The van der Waals surface area contributed by atoms with E-state index in [0.717, 1.165) is 0 Å². The molecule has 1 aromatic carbocycles. The molecule has 0 spiro atoms. The van der Waals surface area contributed by atoms with Gasteiger partial charge in [-0.25, -0.2) is 8.42 Å². The number of carbonyl (C=O) groups is 1. The molecule has 0 saturated heterocycles. The van der Waals surface area contributed by atoms with Gasteiger partial charge in [-0.3, -0.25) is 13.8 Å². The second-order valence-electron chi connectivity index (χ2n) is 6.59. The molecule has 1 aliphatic rings. The van der Waals surface area contributed by atoms with Crippen molar-refractivity contribution in [1.29, 1.82) is 0 Å². The van der Waals surface area contributed by atoms with Gasteiger partial charge in [-0.2, -0.15) is 0 Å². The Morgan fingerprint density at radius 3 is 2.80 bits per heavy atom. The van der Waals surface area contributed by atoms with E-state index in [0.29, 0.717) is 28.9 Å². The summed E-state index contributed by atoms with van der Waals surface area (Å²) in [5.74, 6) is 0.106. The van der Waals surface area contributed by atoms with E-state index in [4.69, 9.17) is 9.47 Å². The maximum absolute atomic E-state index is 13.7. The van der Waals surface area contributed by atoms with E-state index in [9.17, 15) is 13.2 Å². The normalized spacial score (nSPS) is 16.0. The molecule has 1 aromatic heterocycles. The molecule has 0 fully saturated rings. The van der Waals surface area contributed by atoms with Crippen LogP contribution >= 0.6 is 15.9 Å². The molecule has 0 bridgehead atoms. The minimum absolute atomic E-state index is 0.00857. The second-order valence-corrected chi connectivity index (χ2v) is 9.34. The fourth-order valence-electron chi connectivity index (χ4n) is 3.12. The lowest BCUT2D eigenvalue weighted by Crippen LogP contribution is -2.43. The van der Waals surface area contributed by atoms with Crippen LogP contribution in [0, 0.1) is 0 Å². The van der Waals surface area contributed by atoms with Crippen LogP contribution < -0.4 is 13.8 Å². The van der Waals surface area contributed by atoms with Crippen molar-refractivity contribution in [2.75, 3.05) is 24.6 Å². The number of carbonyl (C=O) groups excluding carboxylic acids is 1. The lowest BCUT2D eigenvalue weighted by Gasteiger charge is -2.35. The van der Waals surface area contributed by atoms with Gasteiger partial charge >= 0.3 is 5.97 Å². The van der Waals surface area contributed by atoms with Gasteiger partial charge in [0, 0.05) is 23.6 Å². The molecule has 1 atom stereocenters. The fraction of sp³-hybridized carbons (Fsp3) is 0.474. The van der Waals surface area contributed by atoms with Crippen LogP contribution in [0.3, 0.4) is 0 Å². The lowest BCUT2D eigenvalue weighted by molar-refractivity contribution is -0.141. The van der Waals surface area contributed by atoms with E-state index in [2.05, 4.69) is 25.8 Å². The molecule has 11 heteroatoms. The van der Waals surface area contributed by atoms with E-state index in [1.165, 1.54) is 22.3 Å². The van der Waals surface area contributed by atoms with E-state index in [1.807, 2.05) is 6.92 Å². The largest absolute Gasteiger partial charge is 0.486 e. The Hall–Kier alpha value is -2.27. The first-order chi connectivity index (χ1) is 14.3. The fourth-order valence-corrected chi connectivity index (χ4v) is 5.05. The molecule has 0 unspecified atom stereocenters. The minimum atomic E-state index is -4.00. The number of rotatable bonds is 8. The topological polar surface area (TPSA) is 100.0 Å². The van der Waals surface area contributed by atoms with Gasteiger partial charge in [-0.1, -0.05) is 15.9 Å². The highest BCUT2D eigenvalue weighted by molar-refractivity contribution is 9.10. The van der Waals surface area contributed by atoms with E-state index < -0.39 is 16.1 Å². The van der Waals surface area contributed by atoms with Crippen LogP contribution in [0.2, 0.25) is 0 Å². The molecule has 9 nitrogen and oxygen atoms in total. The van der Waals surface area contributed by atoms with E-state index in [1.54, 1.807) is 25.1 Å². The van der Waals surface area contributed by atoms with E-state index >= 15 is 0 Å². The number of hydrogen-bond donors (Lipinski definition) is 0. The van der Waals surface area contributed by atoms with Crippen molar-refractivity contribution < 1.29 is 27.4 Å². The number of nitrogens with zero attached hydrogens (tertiary/aromatic N) is 3. The SMILES string of the molecule is CCOc1nn(CC)cc1S(=O)(=O)N1C[C@H](CCC(=O)OC)Oc2ccc(Br)cc21. The van der Waals surface area contributed by atoms with Crippen LogP contribution in [-0.4, -0.2) is 50.5 Å². The third-order valence-corrected chi connectivity index (χ3v) is 6.88. The predicted molar refractivity (Wildman–Crippen MR) is 113 cm³/mol. The molecule has 2 aromatic rings. The quantitative estimate of drug-likeness (QED) is 0.512. The Morgan fingerprint density at radius 2 is 2.13 bits per heavy atom. The molecule has 0 aliphatic carbocycles. The van der Waals surface area contributed by atoms with Gasteiger partial charge in [0.2, 0.25) is 0 Å². The number of aromatic nitrogens is 2. The van der Waals surface area contributed by atoms with Crippen LogP contribution in [0.1, 0.15) is 26.7 Å². The van der Waals surface area contributed by atoms with Gasteiger partial charge in [-0.15, -0.1) is 5.10 Å². The number of ether oxygens (including phenoxy) is 3. The highest BCUT2D eigenvalue weighted by Crippen LogP contribution is 2.40. The van der Waals surface area contributed by atoms with Crippen LogP contribution in [-0.2, 0) is 26.1 Å². The Balaban J connectivity index is 2.02. The van der Waals surface area contributed by atoms with Gasteiger partial charge in [0.15, 0.2) is 4.90 Å². The third-order valence-electron chi connectivity index (χ3n) is 4.62. The minimum Gasteiger partial charge on any atom is -0.486 e. The molecule has 164 valence electrons. The summed E-state index contributed by atoms with van der Waals surface area (Å²) in [6.07, 6.45) is 1.40. The summed E-state index contributed by atoms with van der Waals surface area (Å²) in [4.78, 5) is 11.5. The third kappa shape index (κ3) is 4.56. The van der Waals surface area contributed by atoms with Crippen LogP contribution in [0.4, 0.5) is 5.69 Å². The summed E-state index contributed by atoms with van der Waals surface area (Å²) in [6.45, 7) is 4.47. The molecular formula is C19H24BrN3O6S. The maximum atomic E-state index is 13.7. The molecule has 0 N–H and O–H groups in total. The Morgan fingerprint density at radius 1 is 1.37 bits per heavy atom. The van der Waals surface area contributed by atoms with Crippen molar-refractivity contribution >= 4 is 37.6 Å². The van der Waals surface area contributed by atoms with Crippen molar-refractivity contribution in [3.63, 3.8) is 0 Å². The number of halogens is 1. The monoisotopic (exact) mass is 501 g/mol. The number of esters is 1. The zero-order valence-corrected chi connectivity index (χ0v) is 19.4. The summed E-state index contributed by atoms with van der Waals surface area (Å²) < 4.78 is 47.0. The van der Waals surface area contributed by atoms with Gasteiger partial charge in [0.1, 0.15) is 11.9 Å². The maximum Gasteiger partial charge on any atom is 0.305 e. The van der Waals surface area contributed by atoms with Crippen LogP contribution in [0.5, 0.6) is 11.6 Å². The summed E-state index contributed by atoms with van der Waals surface area (Å²) in [5, 5.41) is 4.23. The predicted octanol–water partition coefficient (Wildman–Crippen LogP) is 2.97. The average molecular weight is 502 g/mol. The van der Waals surface area contributed by atoms with Crippen molar-refractivity contribution in [3.05, 3.63) is 28.9 Å². The second kappa shape index (κ2) is 9.25. The first kappa shape index (κ1) is 22.4. The molecule has 0 saturated carbocycles. The first-order valence-corrected chi connectivity index (χ1v) is 11.8. The van der Waals surface area contributed by atoms with Crippen molar-refractivity contribution in [2.24, 2.45) is 0 Å². The van der Waals surface area contributed by atoms with Crippen molar-refractivity contribution in [2.45, 2.75) is 44.2 Å². The Labute approximate surface area is 184 Å². The Kier molecular flexibility index (Phi) is 6.91. The molecule has 30 heavy (non-hydrogen) atoms. The number of sulfonamides is 1. The number of methoxy groups -OCH3 is 1. The molecule has 0 amide bonds. The van der Waals surface area contributed by atoms with Crippen molar-refractivity contribution in [3.8, 4) is 11.6 Å². The summed E-state index contributed by atoms with van der Waals surface area (Å²) in [6, 6.07) is 5.16. The number of anilines is 1. The first-order valence-electron chi connectivity index (χ1n) is 9.56. The molecular weight excluding hydrogens is 478 g/mol. The lowest BCUT2D eigenvalue weighted by atomic mass is 10.1. The molecule has 2 heterocycles. The summed E-state index contributed by atoms with van der Waals surface area (Å²) in [5.41, 5.74) is 0.408. The molecule has 1 aliphatic heterocycles.